The lowest BCUT2D eigenvalue weighted by molar-refractivity contribution is -0.380. The fraction of sp³-hybridized carbons (Fsp3) is 0.538. The third-order valence-corrected chi connectivity index (χ3v) is 4.79. The van der Waals surface area contributed by atoms with Crippen LogP contribution in [0.25, 0.3) is 0 Å². The summed E-state index contributed by atoms with van der Waals surface area (Å²) in [4.78, 5) is 34.0. The summed E-state index contributed by atoms with van der Waals surface area (Å²) in [6.45, 7) is 1.96. The molecule has 114 valence electrons. The van der Waals surface area contributed by atoms with Gasteiger partial charge < -0.3 is 10.4 Å². The normalized spacial score (nSPS) is 25.3. The molecule has 1 aliphatic rings. The Hall–Kier alpha value is -1.96. The van der Waals surface area contributed by atoms with Crippen molar-refractivity contribution in [2.75, 3.05) is 0 Å². The Morgan fingerprint density at radius 2 is 2.24 bits per heavy atom. The minimum Gasteiger partial charge on any atom is -0.480 e. The zero-order valence-corrected chi connectivity index (χ0v) is 12.3. The SMILES string of the molecule is CC1CCCC(NC(=O)c2ccc([N+](=O)[O-])s2)(C(=O)O)C1. The molecule has 2 N–H and O–H groups in total. The van der Waals surface area contributed by atoms with Gasteiger partial charge in [-0.1, -0.05) is 31.1 Å². The predicted molar refractivity (Wildman–Crippen MR) is 76.4 cm³/mol. The van der Waals surface area contributed by atoms with E-state index in [-0.39, 0.29) is 15.8 Å². The molecule has 1 aromatic heterocycles. The Labute approximate surface area is 125 Å². The van der Waals surface area contributed by atoms with Gasteiger partial charge in [0.2, 0.25) is 0 Å². The molecule has 2 unspecified atom stereocenters. The van der Waals surface area contributed by atoms with E-state index in [0.29, 0.717) is 12.8 Å². The van der Waals surface area contributed by atoms with Crippen molar-refractivity contribution >= 4 is 28.2 Å². The molecule has 2 atom stereocenters. The lowest BCUT2D eigenvalue weighted by Crippen LogP contribution is -2.56. The Balaban J connectivity index is 2.18. The van der Waals surface area contributed by atoms with Crippen LogP contribution in [0.3, 0.4) is 0 Å². The van der Waals surface area contributed by atoms with Gasteiger partial charge in [-0.15, -0.1) is 0 Å². The highest BCUT2D eigenvalue weighted by molar-refractivity contribution is 7.17. The smallest absolute Gasteiger partial charge is 0.329 e. The topological polar surface area (TPSA) is 110 Å². The summed E-state index contributed by atoms with van der Waals surface area (Å²) in [5.74, 6) is -1.40. The zero-order chi connectivity index (χ0) is 15.6. The molecule has 0 radical (unpaired) electrons. The molecule has 8 heteroatoms. The zero-order valence-electron chi connectivity index (χ0n) is 11.5. The van der Waals surface area contributed by atoms with Crippen LogP contribution in [0.1, 0.15) is 42.3 Å². The number of carbonyl (C=O) groups is 2. The van der Waals surface area contributed by atoms with E-state index in [1.54, 1.807) is 0 Å². The van der Waals surface area contributed by atoms with Crippen molar-refractivity contribution in [3.05, 3.63) is 27.1 Å². The molecule has 7 nitrogen and oxygen atoms in total. The van der Waals surface area contributed by atoms with Gasteiger partial charge in [-0.3, -0.25) is 14.9 Å². The molecule has 2 rings (SSSR count). The number of amides is 1. The number of carboxylic acids is 1. The van der Waals surface area contributed by atoms with E-state index in [1.807, 2.05) is 6.92 Å². The van der Waals surface area contributed by atoms with Crippen LogP contribution < -0.4 is 5.32 Å². The third kappa shape index (κ3) is 3.21. The molecule has 1 amide bonds. The molecule has 0 aliphatic heterocycles. The van der Waals surface area contributed by atoms with Crippen molar-refractivity contribution in [1.82, 2.24) is 5.32 Å². The van der Waals surface area contributed by atoms with E-state index in [9.17, 15) is 24.8 Å². The monoisotopic (exact) mass is 312 g/mol. The van der Waals surface area contributed by atoms with Gasteiger partial charge in [0.25, 0.3) is 5.91 Å². The summed E-state index contributed by atoms with van der Waals surface area (Å²) < 4.78 is 0. The third-order valence-electron chi connectivity index (χ3n) is 3.76. The van der Waals surface area contributed by atoms with Crippen LogP contribution in [-0.2, 0) is 4.79 Å². The molecule has 21 heavy (non-hydrogen) atoms. The summed E-state index contributed by atoms with van der Waals surface area (Å²) in [6.07, 6.45) is 2.43. The van der Waals surface area contributed by atoms with Gasteiger partial charge >= 0.3 is 11.0 Å². The molecular formula is C13H16N2O5S. The van der Waals surface area contributed by atoms with E-state index in [0.717, 1.165) is 24.2 Å². The number of carboxylic acid groups (broad SMARTS) is 1. The minimum atomic E-state index is -1.27. The molecule has 1 aliphatic carbocycles. The number of aliphatic carboxylic acids is 1. The number of hydrogen-bond acceptors (Lipinski definition) is 5. The molecule has 1 saturated carbocycles. The van der Waals surface area contributed by atoms with Crippen molar-refractivity contribution in [3.63, 3.8) is 0 Å². The molecule has 1 aromatic rings. The lowest BCUT2D eigenvalue weighted by Gasteiger charge is -2.36. The quantitative estimate of drug-likeness (QED) is 0.655. The summed E-state index contributed by atoms with van der Waals surface area (Å²) in [5.41, 5.74) is -1.27. The minimum absolute atomic E-state index is 0.137. The maximum absolute atomic E-state index is 12.2. The molecule has 0 spiro atoms. The van der Waals surface area contributed by atoms with Crippen LogP contribution in [0, 0.1) is 16.0 Å². The van der Waals surface area contributed by atoms with Crippen LogP contribution in [0.5, 0.6) is 0 Å². The molecule has 0 bridgehead atoms. The largest absolute Gasteiger partial charge is 0.480 e. The van der Waals surface area contributed by atoms with E-state index >= 15 is 0 Å². The summed E-state index contributed by atoms with van der Waals surface area (Å²) >= 11 is 0.745. The first-order valence-corrected chi connectivity index (χ1v) is 7.46. The second-order valence-electron chi connectivity index (χ2n) is 5.44. The molecule has 0 aromatic carbocycles. The maximum atomic E-state index is 12.2. The highest BCUT2D eigenvalue weighted by atomic mass is 32.1. The first-order valence-electron chi connectivity index (χ1n) is 6.64. The lowest BCUT2D eigenvalue weighted by atomic mass is 9.76. The first-order chi connectivity index (χ1) is 9.84. The van der Waals surface area contributed by atoms with Crippen LogP contribution in [0.2, 0.25) is 0 Å². The van der Waals surface area contributed by atoms with Crippen LogP contribution in [0.4, 0.5) is 5.00 Å². The molecule has 1 heterocycles. The number of hydrogen-bond donors (Lipinski definition) is 2. The van der Waals surface area contributed by atoms with Crippen LogP contribution in [0.15, 0.2) is 12.1 Å². The Morgan fingerprint density at radius 3 is 2.76 bits per heavy atom. The second kappa shape index (κ2) is 5.80. The fourth-order valence-electron chi connectivity index (χ4n) is 2.74. The van der Waals surface area contributed by atoms with Crippen LogP contribution >= 0.6 is 11.3 Å². The van der Waals surface area contributed by atoms with Gasteiger partial charge in [0.15, 0.2) is 0 Å². The Morgan fingerprint density at radius 1 is 1.52 bits per heavy atom. The van der Waals surface area contributed by atoms with Gasteiger partial charge in [0.05, 0.1) is 9.80 Å². The van der Waals surface area contributed by atoms with Crippen molar-refractivity contribution in [3.8, 4) is 0 Å². The van der Waals surface area contributed by atoms with Crippen molar-refractivity contribution in [2.24, 2.45) is 5.92 Å². The average molecular weight is 312 g/mol. The summed E-state index contributed by atoms with van der Waals surface area (Å²) in [6, 6.07) is 2.59. The van der Waals surface area contributed by atoms with Crippen molar-refractivity contribution in [2.45, 2.75) is 38.1 Å². The van der Waals surface area contributed by atoms with Crippen LogP contribution in [-0.4, -0.2) is 27.4 Å². The number of thiophene rings is 1. The Bertz CT molecular complexity index is 585. The van der Waals surface area contributed by atoms with Crippen molar-refractivity contribution < 1.29 is 19.6 Å². The van der Waals surface area contributed by atoms with Gasteiger partial charge in [-0.05, 0) is 24.8 Å². The highest BCUT2D eigenvalue weighted by Gasteiger charge is 2.43. The van der Waals surface area contributed by atoms with E-state index in [1.165, 1.54) is 12.1 Å². The Kier molecular flexibility index (Phi) is 4.26. The summed E-state index contributed by atoms with van der Waals surface area (Å²) in [5, 5.41) is 22.6. The summed E-state index contributed by atoms with van der Waals surface area (Å²) in [7, 11) is 0. The first kappa shape index (κ1) is 15.4. The number of nitrogens with zero attached hydrogens (tertiary/aromatic N) is 1. The maximum Gasteiger partial charge on any atom is 0.329 e. The van der Waals surface area contributed by atoms with E-state index in [2.05, 4.69) is 5.32 Å². The van der Waals surface area contributed by atoms with E-state index in [4.69, 9.17) is 0 Å². The number of rotatable bonds is 4. The number of nitro groups is 1. The number of nitrogens with one attached hydrogen (secondary N) is 1. The van der Waals surface area contributed by atoms with E-state index < -0.39 is 22.3 Å². The van der Waals surface area contributed by atoms with Crippen molar-refractivity contribution in [1.29, 1.82) is 0 Å². The average Bonchev–Trinajstić information content (AvgIpc) is 2.88. The molecule has 0 saturated heterocycles. The fourth-order valence-corrected chi connectivity index (χ4v) is 3.46. The second-order valence-corrected chi connectivity index (χ2v) is 6.50. The van der Waals surface area contributed by atoms with Gasteiger partial charge in [-0.2, -0.15) is 0 Å². The molecule has 1 fully saturated rings. The number of carbonyl (C=O) groups excluding carboxylic acids is 1. The van der Waals surface area contributed by atoms with Gasteiger partial charge in [-0.25, -0.2) is 4.79 Å². The van der Waals surface area contributed by atoms with Gasteiger partial charge in [0, 0.05) is 6.07 Å². The standard InChI is InChI=1S/C13H16N2O5S/c1-8-3-2-6-13(7-8,12(17)18)14-11(16)9-4-5-10(21-9)15(19)20/h4-5,8H,2-3,6-7H2,1H3,(H,14,16)(H,17,18). The predicted octanol–water partition coefficient (Wildman–Crippen LogP) is 2.42. The van der Waals surface area contributed by atoms with Gasteiger partial charge in [0.1, 0.15) is 5.54 Å². The highest BCUT2D eigenvalue weighted by Crippen LogP contribution is 2.33. The molecular weight excluding hydrogens is 296 g/mol.